The molecule has 1 aromatic heterocycles. The van der Waals surface area contributed by atoms with Crippen molar-refractivity contribution in [3.8, 4) is 0 Å². The van der Waals surface area contributed by atoms with E-state index in [0.29, 0.717) is 11.5 Å². The molecule has 0 spiro atoms. The fourth-order valence-electron chi connectivity index (χ4n) is 1.30. The number of sulfone groups is 1. The van der Waals surface area contributed by atoms with Crippen LogP contribution in [0.2, 0.25) is 0 Å². The number of hydrogen-bond donors (Lipinski definition) is 2. The summed E-state index contributed by atoms with van der Waals surface area (Å²) in [6.07, 6.45) is 0. The molecule has 19 heavy (non-hydrogen) atoms. The molecule has 0 radical (unpaired) electrons. The molecule has 2 N–H and O–H groups in total. The molecule has 0 aliphatic carbocycles. The third kappa shape index (κ3) is 3.02. The lowest BCUT2D eigenvalue weighted by Crippen LogP contribution is -2.11. The average molecular weight is 289 g/mol. The molecule has 2 aromatic rings. The van der Waals surface area contributed by atoms with Crippen LogP contribution < -0.4 is 5.32 Å². The lowest BCUT2D eigenvalue weighted by atomic mass is 10.3. The van der Waals surface area contributed by atoms with E-state index in [4.69, 9.17) is 0 Å². The van der Waals surface area contributed by atoms with Gasteiger partial charge in [-0.15, -0.1) is 10.2 Å². The van der Waals surface area contributed by atoms with Crippen LogP contribution in [-0.2, 0) is 16.4 Å². The highest BCUT2D eigenvalue weighted by Crippen LogP contribution is 2.20. The number of aromatic nitrogens is 4. The Balaban J connectivity index is 2.07. The SMILES string of the molecule is O=S(=O)(c1ccc(NCc2nn[nH]n2)cc1)C(F)F. The smallest absolute Gasteiger partial charge is 0.341 e. The van der Waals surface area contributed by atoms with Gasteiger partial charge in [-0.3, -0.25) is 0 Å². The molecule has 0 saturated heterocycles. The van der Waals surface area contributed by atoms with Gasteiger partial charge in [0.1, 0.15) is 0 Å². The van der Waals surface area contributed by atoms with Crippen LogP contribution >= 0.6 is 0 Å². The van der Waals surface area contributed by atoms with Gasteiger partial charge in [-0.2, -0.15) is 14.0 Å². The van der Waals surface area contributed by atoms with Crippen LogP contribution in [0.5, 0.6) is 0 Å². The molecule has 0 aliphatic rings. The van der Waals surface area contributed by atoms with Gasteiger partial charge in [0.05, 0.1) is 11.4 Å². The lowest BCUT2D eigenvalue weighted by Gasteiger charge is -2.06. The van der Waals surface area contributed by atoms with Gasteiger partial charge in [0.2, 0.25) is 9.84 Å². The van der Waals surface area contributed by atoms with E-state index in [-0.39, 0.29) is 6.54 Å². The molecule has 0 saturated carbocycles. The summed E-state index contributed by atoms with van der Waals surface area (Å²) in [6.45, 7) is 0.275. The number of halogens is 2. The number of rotatable bonds is 5. The number of nitrogens with one attached hydrogen (secondary N) is 2. The molecule has 7 nitrogen and oxygen atoms in total. The summed E-state index contributed by atoms with van der Waals surface area (Å²) >= 11 is 0. The molecule has 0 bridgehead atoms. The monoisotopic (exact) mass is 289 g/mol. The predicted molar refractivity (Wildman–Crippen MR) is 61.1 cm³/mol. The maximum atomic E-state index is 12.3. The second-order valence-electron chi connectivity index (χ2n) is 3.51. The normalized spacial score (nSPS) is 11.7. The first-order valence-corrected chi connectivity index (χ1v) is 6.63. The summed E-state index contributed by atoms with van der Waals surface area (Å²) in [4.78, 5) is -0.424. The fourth-order valence-corrected chi connectivity index (χ4v) is 2.03. The highest BCUT2D eigenvalue weighted by Gasteiger charge is 2.26. The number of hydrogen-bond acceptors (Lipinski definition) is 6. The minimum atomic E-state index is -4.55. The lowest BCUT2D eigenvalue weighted by molar-refractivity contribution is 0.234. The van der Waals surface area contributed by atoms with Crippen molar-refractivity contribution < 1.29 is 17.2 Å². The quantitative estimate of drug-likeness (QED) is 0.844. The van der Waals surface area contributed by atoms with Gasteiger partial charge < -0.3 is 5.32 Å². The third-order valence-corrected chi connectivity index (χ3v) is 3.66. The Kier molecular flexibility index (Phi) is 3.69. The summed E-state index contributed by atoms with van der Waals surface area (Å²) in [5.41, 5.74) is 0.554. The van der Waals surface area contributed by atoms with Crippen molar-refractivity contribution in [3.05, 3.63) is 30.1 Å². The van der Waals surface area contributed by atoms with Gasteiger partial charge in [-0.05, 0) is 24.3 Å². The molecule has 0 fully saturated rings. The minimum Gasteiger partial charge on any atom is -0.378 e. The Morgan fingerprint density at radius 3 is 2.47 bits per heavy atom. The molecule has 2 rings (SSSR count). The van der Waals surface area contributed by atoms with E-state index in [1.807, 2.05) is 0 Å². The minimum absolute atomic E-state index is 0.275. The number of alkyl halides is 2. The molecule has 0 amide bonds. The van der Waals surface area contributed by atoms with Gasteiger partial charge in [0.15, 0.2) is 5.82 Å². The predicted octanol–water partition coefficient (Wildman–Crippen LogP) is 0.808. The zero-order valence-electron chi connectivity index (χ0n) is 9.42. The van der Waals surface area contributed by atoms with Crippen LogP contribution in [0, 0.1) is 0 Å². The molecule has 0 unspecified atom stereocenters. The Morgan fingerprint density at radius 2 is 1.95 bits per heavy atom. The van der Waals surface area contributed by atoms with E-state index in [1.165, 1.54) is 12.1 Å². The summed E-state index contributed by atoms with van der Waals surface area (Å²) in [7, 11) is -4.55. The van der Waals surface area contributed by atoms with Crippen LogP contribution in [-0.4, -0.2) is 34.8 Å². The molecule has 0 atom stereocenters. The zero-order valence-corrected chi connectivity index (χ0v) is 10.2. The standard InChI is InChI=1S/C9H9F2N5O2S/c10-9(11)19(17,18)7-3-1-6(2-4-7)12-5-8-13-15-16-14-8/h1-4,9,12H,5H2,(H,13,14,15,16). The molecular formula is C9H9F2N5O2S. The van der Waals surface area contributed by atoms with Crippen molar-refractivity contribution in [3.63, 3.8) is 0 Å². The van der Waals surface area contributed by atoms with Gasteiger partial charge in [0.25, 0.3) is 0 Å². The zero-order chi connectivity index (χ0) is 13.9. The molecule has 102 valence electrons. The summed E-state index contributed by atoms with van der Waals surface area (Å²) < 4.78 is 47.0. The Hall–Kier alpha value is -2.10. The van der Waals surface area contributed by atoms with E-state index in [9.17, 15) is 17.2 Å². The van der Waals surface area contributed by atoms with E-state index in [0.717, 1.165) is 12.1 Å². The Bertz CT molecular complexity index is 627. The Labute approximate surface area is 106 Å². The van der Waals surface area contributed by atoms with E-state index in [2.05, 4.69) is 25.9 Å². The maximum absolute atomic E-state index is 12.3. The van der Waals surface area contributed by atoms with Crippen molar-refractivity contribution in [2.45, 2.75) is 17.2 Å². The topological polar surface area (TPSA) is 101 Å². The van der Waals surface area contributed by atoms with Crippen LogP contribution in [0.15, 0.2) is 29.2 Å². The Morgan fingerprint density at radius 1 is 1.26 bits per heavy atom. The van der Waals surface area contributed by atoms with Gasteiger partial charge in [0, 0.05) is 5.69 Å². The van der Waals surface area contributed by atoms with Gasteiger partial charge in [-0.1, -0.05) is 5.21 Å². The van der Waals surface area contributed by atoms with Crippen LogP contribution in [0.1, 0.15) is 5.82 Å². The maximum Gasteiger partial charge on any atom is 0.341 e. The first-order chi connectivity index (χ1) is 9.00. The van der Waals surface area contributed by atoms with Crippen LogP contribution in [0.3, 0.4) is 0 Å². The molecule has 1 aromatic carbocycles. The van der Waals surface area contributed by atoms with Crippen molar-refractivity contribution in [1.29, 1.82) is 0 Å². The summed E-state index contributed by atoms with van der Waals surface area (Å²) in [5, 5.41) is 15.9. The van der Waals surface area contributed by atoms with Crippen molar-refractivity contribution in [1.82, 2.24) is 20.6 Å². The van der Waals surface area contributed by atoms with Crippen molar-refractivity contribution in [2.75, 3.05) is 5.32 Å². The van der Waals surface area contributed by atoms with E-state index in [1.54, 1.807) is 0 Å². The first-order valence-electron chi connectivity index (χ1n) is 5.08. The largest absolute Gasteiger partial charge is 0.378 e. The number of nitrogens with zero attached hydrogens (tertiary/aromatic N) is 3. The molecular weight excluding hydrogens is 280 g/mol. The number of benzene rings is 1. The number of aromatic amines is 1. The van der Waals surface area contributed by atoms with Crippen LogP contribution in [0.25, 0.3) is 0 Å². The first kappa shape index (κ1) is 13.3. The highest BCUT2D eigenvalue weighted by molar-refractivity contribution is 7.91. The number of tetrazole rings is 1. The third-order valence-electron chi connectivity index (χ3n) is 2.26. The van der Waals surface area contributed by atoms with E-state index >= 15 is 0 Å². The van der Waals surface area contributed by atoms with Gasteiger partial charge >= 0.3 is 5.76 Å². The summed E-state index contributed by atoms with van der Waals surface area (Å²) in [5.74, 6) is -3.00. The molecule has 10 heteroatoms. The average Bonchev–Trinajstić information content (AvgIpc) is 2.90. The molecule has 0 aliphatic heterocycles. The fraction of sp³-hybridized carbons (Fsp3) is 0.222. The number of H-pyrrole nitrogens is 1. The van der Waals surface area contributed by atoms with Crippen molar-refractivity contribution in [2.24, 2.45) is 0 Å². The van der Waals surface area contributed by atoms with Gasteiger partial charge in [-0.25, -0.2) is 8.42 Å². The van der Waals surface area contributed by atoms with Crippen molar-refractivity contribution >= 4 is 15.5 Å². The summed E-state index contributed by atoms with van der Waals surface area (Å²) in [6, 6.07) is 4.99. The molecule has 1 heterocycles. The second kappa shape index (κ2) is 5.26. The number of anilines is 1. The van der Waals surface area contributed by atoms with E-state index < -0.39 is 20.5 Å². The van der Waals surface area contributed by atoms with Crippen LogP contribution in [0.4, 0.5) is 14.5 Å². The second-order valence-corrected chi connectivity index (χ2v) is 5.43. The highest BCUT2D eigenvalue weighted by atomic mass is 32.2.